The molecule has 0 unspecified atom stereocenters. The number of ketones is 1. The number of nitrogens with zero attached hydrogens (tertiary/aromatic N) is 4. The summed E-state index contributed by atoms with van der Waals surface area (Å²) >= 11 is 13.0. The molecule has 5 rings (SSSR count). The lowest BCUT2D eigenvalue weighted by atomic mass is 10.1. The van der Waals surface area contributed by atoms with Gasteiger partial charge >= 0.3 is 0 Å². The predicted molar refractivity (Wildman–Crippen MR) is 152 cm³/mol. The average Bonchev–Trinajstić information content (AvgIpc) is 3.31. The molecule has 0 saturated carbocycles. The highest BCUT2D eigenvalue weighted by Crippen LogP contribution is 2.44. The summed E-state index contributed by atoms with van der Waals surface area (Å²) in [7, 11) is 0. The van der Waals surface area contributed by atoms with Gasteiger partial charge in [0.15, 0.2) is 17.8 Å². The second kappa shape index (κ2) is 11.0. The van der Waals surface area contributed by atoms with Crippen LogP contribution in [0.1, 0.15) is 44.8 Å². The van der Waals surface area contributed by atoms with Crippen LogP contribution in [-0.2, 0) is 4.79 Å². The van der Waals surface area contributed by atoms with Crippen molar-refractivity contribution in [2.24, 2.45) is 5.10 Å². The number of para-hydroxylation sites is 1. The molecule has 3 aromatic rings. The van der Waals surface area contributed by atoms with Gasteiger partial charge in [0.2, 0.25) is 0 Å². The SMILES string of the molecule is CCOc1ccccc1[C@@H]1N(c2ccc(Cl)cc2)N=C(C(C)=O)N1c1ccc(N2CCCCC2)c(Cl)c1. The second-order valence-electron chi connectivity index (χ2n) is 9.20. The minimum atomic E-state index is -0.472. The Morgan fingerprint density at radius 3 is 2.35 bits per heavy atom. The van der Waals surface area contributed by atoms with Crippen LogP contribution in [0.5, 0.6) is 5.75 Å². The van der Waals surface area contributed by atoms with Crippen molar-refractivity contribution in [3.63, 3.8) is 0 Å². The molecule has 0 radical (unpaired) electrons. The monoisotopic (exact) mass is 536 g/mol. The number of anilines is 3. The molecule has 1 saturated heterocycles. The summed E-state index contributed by atoms with van der Waals surface area (Å²) in [6.07, 6.45) is 3.11. The molecule has 0 N–H and O–H groups in total. The molecule has 0 aromatic heterocycles. The zero-order valence-electron chi connectivity index (χ0n) is 21.0. The fourth-order valence-electron chi connectivity index (χ4n) is 5.01. The first-order chi connectivity index (χ1) is 18.0. The van der Waals surface area contributed by atoms with E-state index < -0.39 is 6.17 Å². The molecule has 6 nitrogen and oxygen atoms in total. The summed E-state index contributed by atoms with van der Waals surface area (Å²) < 4.78 is 6.01. The quantitative estimate of drug-likeness (QED) is 0.316. The van der Waals surface area contributed by atoms with E-state index in [0.29, 0.717) is 22.5 Å². The Balaban J connectivity index is 1.64. The van der Waals surface area contributed by atoms with Gasteiger partial charge in [-0.1, -0.05) is 41.4 Å². The van der Waals surface area contributed by atoms with E-state index in [1.807, 2.05) is 77.5 Å². The Morgan fingerprint density at radius 2 is 1.68 bits per heavy atom. The largest absolute Gasteiger partial charge is 0.493 e. The number of hydrazone groups is 1. The maximum Gasteiger partial charge on any atom is 0.198 e. The van der Waals surface area contributed by atoms with E-state index in [1.165, 1.54) is 13.3 Å². The summed E-state index contributed by atoms with van der Waals surface area (Å²) in [4.78, 5) is 17.2. The Kier molecular flexibility index (Phi) is 7.58. The van der Waals surface area contributed by atoms with Crippen molar-refractivity contribution < 1.29 is 9.53 Å². The highest BCUT2D eigenvalue weighted by Gasteiger charge is 2.40. The van der Waals surface area contributed by atoms with Gasteiger partial charge in [0.05, 0.1) is 23.0 Å². The van der Waals surface area contributed by atoms with Crippen molar-refractivity contribution >= 4 is 51.9 Å². The van der Waals surface area contributed by atoms with Gasteiger partial charge in [-0.3, -0.25) is 9.69 Å². The molecule has 2 heterocycles. The van der Waals surface area contributed by atoms with Crippen LogP contribution in [0, 0.1) is 0 Å². The molecule has 0 spiro atoms. The van der Waals surface area contributed by atoms with Gasteiger partial charge in [-0.15, -0.1) is 5.10 Å². The van der Waals surface area contributed by atoms with Crippen LogP contribution in [0.15, 0.2) is 71.8 Å². The number of carbonyl (C=O) groups excluding carboxylic acids is 1. The van der Waals surface area contributed by atoms with Crippen molar-refractivity contribution in [3.8, 4) is 5.75 Å². The van der Waals surface area contributed by atoms with Crippen LogP contribution < -0.4 is 19.5 Å². The van der Waals surface area contributed by atoms with Crippen LogP contribution in [0.25, 0.3) is 0 Å². The number of amidine groups is 1. The second-order valence-corrected chi connectivity index (χ2v) is 10.0. The molecule has 1 atom stereocenters. The highest BCUT2D eigenvalue weighted by atomic mass is 35.5. The topological polar surface area (TPSA) is 48.4 Å². The lowest BCUT2D eigenvalue weighted by Gasteiger charge is -2.34. The molecule has 0 bridgehead atoms. The molecule has 8 heteroatoms. The molecular weight excluding hydrogens is 507 g/mol. The summed E-state index contributed by atoms with van der Waals surface area (Å²) in [6, 6.07) is 21.3. The van der Waals surface area contributed by atoms with Gasteiger partial charge in [-0.05, 0) is 74.7 Å². The number of rotatable bonds is 7. The number of hydrogen-bond acceptors (Lipinski definition) is 6. The molecule has 2 aliphatic rings. The molecule has 2 aliphatic heterocycles. The van der Waals surface area contributed by atoms with Crippen molar-refractivity contribution in [2.45, 2.75) is 39.3 Å². The smallest absolute Gasteiger partial charge is 0.198 e. The Labute approximate surface area is 228 Å². The lowest BCUT2D eigenvalue weighted by molar-refractivity contribution is -0.111. The normalized spacial score (nSPS) is 17.7. The number of benzene rings is 3. The van der Waals surface area contributed by atoms with E-state index in [2.05, 4.69) is 11.0 Å². The van der Waals surface area contributed by atoms with Gasteiger partial charge in [0.1, 0.15) is 5.75 Å². The van der Waals surface area contributed by atoms with E-state index in [9.17, 15) is 4.79 Å². The third kappa shape index (κ3) is 5.13. The maximum absolute atomic E-state index is 13.0. The Bertz CT molecular complexity index is 1310. The Morgan fingerprint density at radius 1 is 0.973 bits per heavy atom. The number of piperidine rings is 1. The molecule has 192 valence electrons. The maximum atomic E-state index is 13.0. The van der Waals surface area contributed by atoms with Crippen molar-refractivity contribution in [1.82, 2.24) is 0 Å². The standard InChI is InChI=1S/C29H30Cl2N4O2/c1-3-37-27-10-6-5-9-24(27)29-34(23-15-16-26(25(31)19-23)33-17-7-4-8-18-33)28(20(2)36)32-35(29)22-13-11-21(30)12-14-22/h5-6,9-16,19,29H,3-4,7-8,17-18H2,1-2H3/t29-/m0/s1. The number of carbonyl (C=O) groups is 1. The highest BCUT2D eigenvalue weighted by molar-refractivity contribution is 6.44. The van der Waals surface area contributed by atoms with Gasteiger partial charge in [-0.2, -0.15) is 0 Å². The molecular formula is C29H30Cl2N4O2. The number of Topliss-reactive ketones (excluding diaryl/α,β-unsaturated/α-hetero) is 1. The zero-order valence-corrected chi connectivity index (χ0v) is 22.5. The van der Waals surface area contributed by atoms with E-state index in [-0.39, 0.29) is 5.78 Å². The lowest BCUT2D eigenvalue weighted by Crippen LogP contribution is -2.38. The molecule has 1 fully saturated rings. The van der Waals surface area contributed by atoms with Crippen LogP contribution in [-0.4, -0.2) is 31.3 Å². The van der Waals surface area contributed by atoms with E-state index in [1.54, 1.807) is 0 Å². The summed E-state index contributed by atoms with van der Waals surface area (Å²) in [6.45, 7) is 6.00. The molecule has 37 heavy (non-hydrogen) atoms. The summed E-state index contributed by atoms with van der Waals surface area (Å²) in [5, 5.41) is 7.95. The van der Waals surface area contributed by atoms with Gasteiger partial charge in [-0.25, -0.2) is 5.01 Å². The summed E-state index contributed by atoms with van der Waals surface area (Å²) in [5.74, 6) is 0.912. The predicted octanol–water partition coefficient (Wildman–Crippen LogP) is 7.31. The fraction of sp³-hybridized carbons (Fsp3) is 0.310. The Hall–Kier alpha value is -3.22. The van der Waals surface area contributed by atoms with Gasteiger partial charge in [0, 0.05) is 36.3 Å². The van der Waals surface area contributed by atoms with Gasteiger partial charge < -0.3 is 9.64 Å². The molecule has 0 amide bonds. The average molecular weight is 537 g/mol. The zero-order chi connectivity index (χ0) is 25.9. The molecule has 0 aliphatic carbocycles. The molecule has 3 aromatic carbocycles. The first kappa shape index (κ1) is 25.4. The summed E-state index contributed by atoms with van der Waals surface area (Å²) in [5.41, 5.74) is 3.49. The minimum Gasteiger partial charge on any atom is -0.493 e. The van der Waals surface area contributed by atoms with Crippen LogP contribution >= 0.6 is 23.2 Å². The van der Waals surface area contributed by atoms with Crippen molar-refractivity contribution in [1.29, 1.82) is 0 Å². The third-order valence-electron chi connectivity index (χ3n) is 6.72. The van der Waals surface area contributed by atoms with Crippen molar-refractivity contribution in [2.75, 3.05) is 34.5 Å². The number of ether oxygens (including phenoxy) is 1. The van der Waals surface area contributed by atoms with E-state index >= 15 is 0 Å². The van der Waals surface area contributed by atoms with Crippen LogP contribution in [0.4, 0.5) is 17.1 Å². The van der Waals surface area contributed by atoms with Gasteiger partial charge in [0.25, 0.3) is 0 Å². The third-order valence-corrected chi connectivity index (χ3v) is 7.27. The fourth-order valence-corrected chi connectivity index (χ4v) is 5.44. The van der Waals surface area contributed by atoms with Crippen LogP contribution in [0.3, 0.4) is 0 Å². The number of halogens is 2. The first-order valence-corrected chi connectivity index (χ1v) is 13.4. The van der Waals surface area contributed by atoms with Crippen LogP contribution in [0.2, 0.25) is 10.0 Å². The minimum absolute atomic E-state index is 0.147. The first-order valence-electron chi connectivity index (χ1n) is 12.7. The van der Waals surface area contributed by atoms with Crippen molar-refractivity contribution in [3.05, 3.63) is 82.3 Å². The van der Waals surface area contributed by atoms with E-state index in [4.69, 9.17) is 33.0 Å². The number of hydrogen-bond donors (Lipinski definition) is 0. The van der Waals surface area contributed by atoms with E-state index in [0.717, 1.165) is 54.3 Å².